The fourth-order valence-electron chi connectivity index (χ4n) is 2.98. The number of methoxy groups -OCH3 is 1. The number of nitrogens with zero attached hydrogens (tertiary/aromatic N) is 1. The van der Waals surface area contributed by atoms with Gasteiger partial charge in [0.05, 0.1) is 19.0 Å². The number of hydrogen-bond donors (Lipinski definition) is 3. The van der Waals surface area contributed by atoms with Gasteiger partial charge in [0.2, 0.25) is 0 Å². The fraction of sp³-hybridized carbons (Fsp3) is 0.579. The van der Waals surface area contributed by atoms with Crippen molar-refractivity contribution >= 4 is 12.3 Å². The fourth-order valence-corrected chi connectivity index (χ4v) is 2.98. The van der Waals surface area contributed by atoms with Gasteiger partial charge in [0.15, 0.2) is 0 Å². The molecule has 0 amide bonds. The van der Waals surface area contributed by atoms with Crippen molar-refractivity contribution in [3.8, 4) is 0 Å². The highest BCUT2D eigenvalue weighted by Crippen LogP contribution is 2.45. The minimum absolute atomic E-state index is 0.00525. The first-order valence-corrected chi connectivity index (χ1v) is 8.38. The molecule has 140 valence electrons. The summed E-state index contributed by atoms with van der Waals surface area (Å²) in [6, 6.07) is 0. The van der Waals surface area contributed by atoms with Crippen LogP contribution in [0.25, 0.3) is 0 Å². The summed E-state index contributed by atoms with van der Waals surface area (Å²) in [5, 5.41) is 22.6. The molecule has 0 aromatic carbocycles. The van der Waals surface area contributed by atoms with Crippen LogP contribution < -0.4 is 5.32 Å². The molecule has 2 atom stereocenters. The predicted molar refractivity (Wildman–Crippen MR) is 99.8 cm³/mol. The van der Waals surface area contributed by atoms with E-state index < -0.39 is 17.0 Å². The van der Waals surface area contributed by atoms with Gasteiger partial charge in [-0.15, -0.1) is 0 Å². The van der Waals surface area contributed by atoms with Crippen LogP contribution in [0, 0.1) is 5.41 Å². The summed E-state index contributed by atoms with van der Waals surface area (Å²) in [6.07, 6.45) is 8.80. The van der Waals surface area contributed by atoms with Crippen LogP contribution in [0.15, 0.2) is 40.4 Å². The molecule has 2 rings (SSSR count). The number of aliphatic imine (C=N–C) groups is 1. The van der Waals surface area contributed by atoms with Crippen molar-refractivity contribution in [3.63, 3.8) is 0 Å². The van der Waals surface area contributed by atoms with Gasteiger partial charge in [-0.25, -0.2) is 4.79 Å². The minimum atomic E-state index is -1.10. The van der Waals surface area contributed by atoms with Gasteiger partial charge in [0.25, 0.3) is 0 Å². The SMILES string of the molecule is C1=NCCN1.COC1C=C(C)C(O)(/C=C/C(C)=C/C(=O)O)C(C)(C)C1. The summed E-state index contributed by atoms with van der Waals surface area (Å²) < 4.78 is 5.37. The maximum absolute atomic E-state index is 11.0. The Morgan fingerprint density at radius 2 is 2.16 bits per heavy atom. The second-order valence-corrected chi connectivity index (χ2v) is 7.03. The van der Waals surface area contributed by atoms with Gasteiger partial charge in [-0.2, -0.15) is 0 Å². The zero-order valence-electron chi connectivity index (χ0n) is 15.7. The molecular formula is C19H30N2O4. The number of hydrogen-bond acceptors (Lipinski definition) is 5. The highest BCUT2D eigenvalue weighted by Gasteiger charge is 2.46. The lowest BCUT2D eigenvalue weighted by Gasteiger charge is -2.46. The molecule has 1 heterocycles. The van der Waals surface area contributed by atoms with E-state index in [1.165, 1.54) is 0 Å². The van der Waals surface area contributed by atoms with Crippen LogP contribution in [0.5, 0.6) is 0 Å². The molecule has 0 spiro atoms. The lowest BCUT2D eigenvalue weighted by atomic mass is 9.64. The molecule has 6 heteroatoms. The van der Waals surface area contributed by atoms with Crippen molar-refractivity contribution in [1.29, 1.82) is 0 Å². The van der Waals surface area contributed by atoms with Crippen LogP contribution in [0.4, 0.5) is 0 Å². The van der Waals surface area contributed by atoms with Crippen molar-refractivity contribution in [3.05, 3.63) is 35.5 Å². The third-order valence-corrected chi connectivity index (χ3v) is 4.59. The molecule has 0 radical (unpaired) electrons. The average Bonchev–Trinajstić information content (AvgIpc) is 3.09. The van der Waals surface area contributed by atoms with E-state index in [4.69, 9.17) is 9.84 Å². The van der Waals surface area contributed by atoms with E-state index in [0.29, 0.717) is 12.0 Å². The maximum atomic E-state index is 11.0. The Labute approximate surface area is 150 Å². The number of nitrogens with one attached hydrogen (secondary N) is 1. The number of carbonyl (C=O) groups is 1. The minimum Gasteiger partial charge on any atom is -0.478 e. The van der Waals surface area contributed by atoms with Crippen molar-refractivity contribution in [2.24, 2.45) is 10.4 Å². The van der Waals surface area contributed by atoms with E-state index >= 15 is 0 Å². The molecule has 25 heavy (non-hydrogen) atoms. The zero-order chi connectivity index (χ0) is 19.1. The summed E-state index contributed by atoms with van der Waals surface area (Å²) in [6.45, 7) is 9.51. The van der Waals surface area contributed by atoms with Gasteiger partial charge < -0.3 is 20.3 Å². The maximum Gasteiger partial charge on any atom is 0.328 e. The van der Waals surface area contributed by atoms with Gasteiger partial charge in [-0.05, 0) is 37.5 Å². The Bertz CT molecular complexity index is 584. The average molecular weight is 350 g/mol. The van der Waals surface area contributed by atoms with Crippen LogP contribution in [-0.4, -0.2) is 54.4 Å². The zero-order valence-corrected chi connectivity index (χ0v) is 15.7. The van der Waals surface area contributed by atoms with Crippen LogP contribution in [0.3, 0.4) is 0 Å². The Hall–Kier alpha value is -1.92. The van der Waals surface area contributed by atoms with Gasteiger partial charge in [0.1, 0.15) is 5.60 Å². The van der Waals surface area contributed by atoms with Crippen molar-refractivity contribution in [1.82, 2.24) is 5.32 Å². The lowest BCUT2D eigenvalue weighted by molar-refractivity contribution is -0.131. The van der Waals surface area contributed by atoms with Gasteiger partial charge in [-0.3, -0.25) is 4.99 Å². The number of allylic oxidation sites excluding steroid dienone is 2. The molecule has 1 aliphatic carbocycles. The standard InChI is InChI=1S/C16H24O4.C3H6N2/c1-11(8-14(17)18)6-7-16(19)12(2)9-13(20-5)10-15(16,3)4;1-2-5-3-4-1/h6-9,13,19H,10H2,1-5H3,(H,17,18);3H,1-2H2,(H,4,5)/b7-6+,11-8+;. The molecule has 0 aromatic rings. The first kappa shape index (κ1) is 21.1. The van der Waals surface area contributed by atoms with E-state index in [1.54, 1.807) is 32.5 Å². The molecule has 6 nitrogen and oxygen atoms in total. The monoisotopic (exact) mass is 350 g/mol. The van der Waals surface area contributed by atoms with E-state index in [0.717, 1.165) is 24.7 Å². The molecule has 0 saturated heterocycles. The molecule has 2 aliphatic rings. The van der Waals surface area contributed by atoms with Crippen molar-refractivity contribution < 1.29 is 19.7 Å². The highest BCUT2D eigenvalue weighted by atomic mass is 16.5. The molecule has 0 bridgehead atoms. The van der Waals surface area contributed by atoms with E-state index in [1.807, 2.05) is 26.8 Å². The van der Waals surface area contributed by atoms with E-state index in [2.05, 4.69) is 10.3 Å². The van der Waals surface area contributed by atoms with Crippen LogP contribution in [-0.2, 0) is 9.53 Å². The number of aliphatic hydroxyl groups is 1. The molecule has 0 saturated carbocycles. The smallest absolute Gasteiger partial charge is 0.328 e. The van der Waals surface area contributed by atoms with Gasteiger partial charge in [-0.1, -0.05) is 26.0 Å². The summed E-state index contributed by atoms with van der Waals surface area (Å²) in [7, 11) is 1.66. The van der Waals surface area contributed by atoms with Crippen molar-refractivity contribution in [2.45, 2.75) is 45.8 Å². The third-order valence-electron chi connectivity index (χ3n) is 4.59. The van der Waals surface area contributed by atoms with Gasteiger partial charge in [0, 0.05) is 25.1 Å². The van der Waals surface area contributed by atoms with Crippen molar-refractivity contribution in [2.75, 3.05) is 20.2 Å². The topological polar surface area (TPSA) is 91.2 Å². The number of carboxylic acids is 1. The second-order valence-electron chi connectivity index (χ2n) is 7.03. The highest BCUT2D eigenvalue weighted by molar-refractivity contribution is 5.81. The molecule has 0 fully saturated rings. The number of carboxylic acid groups (broad SMARTS) is 1. The Morgan fingerprint density at radius 3 is 2.56 bits per heavy atom. The molecule has 0 aromatic heterocycles. The quantitative estimate of drug-likeness (QED) is 0.411. The number of aliphatic carboxylic acids is 1. The summed E-state index contributed by atoms with van der Waals surface area (Å²) in [5.74, 6) is -0.992. The second kappa shape index (κ2) is 8.97. The van der Waals surface area contributed by atoms with Crippen LogP contribution in [0.1, 0.15) is 34.1 Å². The Balaban J connectivity index is 0.000000531. The van der Waals surface area contributed by atoms with Crippen LogP contribution in [0.2, 0.25) is 0 Å². The lowest BCUT2D eigenvalue weighted by Crippen LogP contribution is -2.49. The molecule has 1 aliphatic heterocycles. The molecular weight excluding hydrogens is 320 g/mol. The number of ether oxygens (including phenoxy) is 1. The summed E-state index contributed by atoms with van der Waals surface area (Å²) in [5.41, 5.74) is -0.0920. The molecule has 3 N–H and O–H groups in total. The largest absolute Gasteiger partial charge is 0.478 e. The summed E-state index contributed by atoms with van der Waals surface area (Å²) >= 11 is 0. The van der Waals surface area contributed by atoms with Gasteiger partial charge >= 0.3 is 5.97 Å². The first-order chi connectivity index (χ1) is 11.6. The summed E-state index contributed by atoms with van der Waals surface area (Å²) in [4.78, 5) is 14.5. The van der Waals surface area contributed by atoms with Crippen LogP contribution >= 0.6 is 0 Å². The molecule has 2 unspecified atom stereocenters. The third kappa shape index (κ3) is 5.83. The normalized spacial score (nSPS) is 28.2. The van der Waals surface area contributed by atoms with E-state index in [9.17, 15) is 9.90 Å². The Morgan fingerprint density at radius 1 is 1.48 bits per heavy atom. The number of rotatable bonds is 4. The first-order valence-electron chi connectivity index (χ1n) is 8.38. The Kier molecular flexibility index (Phi) is 7.58. The van der Waals surface area contributed by atoms with E-state index in [-0.39, 0.29) is 6.10 Å². The predicted octanol–water partition coefficient (Wildman–Crippen LogP) is 2.31.